The van der Waals surface area contributed by atoms with Crippen LogP contribution < -0.4 is 0 Å². The van der Waals surface area contributed by atoms with Crippen LogP contribution in [0.3, 0.4) is 0 Å². The van der Waals surface area contributed by atoms with Crippen LogP contribution in [0.25, 0.3) is 5.53 Å². The van der Waals surface area contributed by atoms with Crippen molar-refractivity contribution in [2.75, 3.05) is 0 Å². The molecule has 0 saturated heterocycles. The zero-order chi connectivity index (χ0) is 8.97. The summed E-state index contributed by atoms with van der Waals surface area (Å²) in [6.45, 7) is 0. The Morgan fingerprint density at radius 3 is 3.00 bits per heavy atom. The van der Waals surface area contributed by atoms with Crippen molar-refractivity contribution in [3.63, 3.8) is 0 Å². The van der Waals surface area contributed by atoms with Crippen molar-refractivity contribution in [1.29, 1.82) is 0 Å². The van der Waals surface area contributed by atoms with Crippen molar-refractivity contribution >= 4 is 23.6 Å². The van der Waals surface area contributed by atoms with E-state index in [0.29, 0.717) is 11.8 Å². The van der Waals surface area contributed by atoms with Crippen molar-refractivity contribution in [2.24, 2.45) is 0 Å². The van der Waals surface area contributed by atoms with Gasteiger partial charge in [-0.05, 0) is 12.1 Å². The van der Waals surface area contributed by atoms with E-state index in [0.717, 1.165) is 0 Å². The van der Waals surface area contributed by atoms with Crippen LogP contribution in [-0.4, -0.2) is 21.8 Å². The Kier molecular flexibility index (Phi) is 2.69. The minimum atomic E-state index is -0.0701. The van der Waals surface area contributed by atoms with Gasteiger partial charge < -0.3 is 5.53 Å². The summed E-state index contributed by atoms with van der Waals surface area (Å²) < 4.78 is 0. The summed E-state index contributed by atoms with van der Waals surface area (Å²) >= 11 is 5.54. The Bertz CT molecular complexity index is 357. The smallest absolute Gasteiger partial charge is 0.361 e. The van der Waals surface area contributed by atoms with Crippen molar-refractivity contribution in [1.82, 2.24) is 4.98 Å². The van der Waals surface area contributed by atoms with Crippen molar-refractivity contribution < 1.29 is 9.58 Å². The van der Waals surface area contributed by atoms with Gasteiger partial charge in [0.05, 0.1) is 5.56 Å². The van der Waals surface area contributed by atoms with Crippen LogP contribution in [0.2, 0.25) is 5.15 Å². The predicted octanol–water partition coefficient (Wildman–Crippen LogP) is 0.953. The molecule has 1 aromatic heterocycles. The van der Waals surface area contributed by atoms with Crippen LogP contribution in [0.5, 0.6) is 0 Å². The Hall–Kier alpha value is -1.51. The quantitative estimate of drug-likeness (QED) is 0.224. The highest BCUT2D eigenvalue weighted by Gasteiger charge is 2.09. The zero-order valence-corrected chi connectivity index (χ0v) is 6.69. The fourth-order valence-corrected chi connectivity index (χ4v) is 0.885. The van der Waals surface area contributed by atoms with Gasteiger partial charge >= 0.3 is 5.71 Å². The Balaban J connectivity index is 3.19. The van der Waals surface area contributed by atoms with Gasteiger partial charge in [0.1, 0.15) is 5.15 Å². The number of carbonyl (C=O) groups excluding carboxylic acids is 1. The van der Waals surface area contributed by atoms with Crippen LogP contribution in [0, 0.1) is 0 Å². The number of halogens is 1. The summed E-state index contributed by atoms with van der Waals surface area (Å²) in [5.74, 6) is 0. The number of hydrogen-bond donors (Lipinski definition) is 0. The lowest BCUT2D eigenvalue weighted by Crippen LogP contribution is -2.03. The van der Waals surface area contributed by atoms with Gasteiger partial charge in [-0.2, -0.15) is 4.79 Å². The number of pyridine rings is 1. The first kappa shape index (κ1) is 8.59. The Morgan fingerprint density at radius 1 is 1.75 bits per heavy atom. The zero-order valence-electron chi connectivity index (χ0n) is 5.94. The fourth-order valence-electron chi connectivity index (χ4n) is 0.711. The van der Waals surface area contributed by atoms with Crippen molar-refractivity contribution in [2.45, 2.75) is 0 Å². The second kappa shape index (κ2) is 3.76. The third-order valence-corrected chi connectivity index (χ3v) is 1.45. The molecule has 0 bridgehead atoms. The molecule has 0 spiro atoms. The average molecular weight is 182 g/mol. The summed E-state index contributed by atoms with van der Waals surface area (Å²) in [4.78, 5) is 16.8. The topological polar surface area (TPSA) is 66.4 Å². The van der Waals surface area contributed by atoms with E-state index in [1.54, 1.807) is 0 Å². The first-order chi connectivity index (χ1) is 5.77. The molecule has 0 aliphatic carbocycles. The second-order valence-corrected chi connectivity index (χ2v) is 2.36. The third-order valence-electron chi connectivity index (χ3n) is 1.24. The molecule has 1 aromatic rings. The molecule has 0 amide bonds. The number of rotatable bonds is 2. The van der Waals surface area contributed by atoms with E-state index in [1.807, 2.05) is 0 Å². The molecule has 12 heavy (non-hydrogen) atoms. The lowest BCUT2D eigenvalue weighted by Gasteiger charge is -1.89. The van der Waals surface area contributed by atoms with Gasteiger partial charge in [-0.25, -0.2) is 4.98 Å². The molecule has 0 saturated carbocycles. The minimum absolute atomic E-state index is 0.0701. The van der Waals surface area contributed by atoms with Gasteiger partial charge in [0.2, 0.25) is 6.29 Å². The second-order valence-electron chi connectivity index (χ2n) is 1.97. The van der Waals surface area contributed by atoms with Crippen LogP contribution in [0.4, 0.5) is 0 Å². The molecule has 1 heterocycles. The summed E-state index contributed by atoms with van der Waals surface area (Å²) in [6, 6.07) is 2.96. The number of hydrogen-bond acceptors (Lipinski definition) is 2. The number of carbonyl (C=O) groups is 1. The molecular formula is C7H4ClN3O. The van der Waals surface area contributed by atoms with Gasteiger partial charge in [0.25, 0.3) is 0 Å². The summed E-state index contributed by atoms with van der Waals surface area (Å²) in [6.07, 6.45) is 1.86. The summed E-state index contributed by atoms with van der Waals surface area (Å²) in [7, 11) is 0. The summed E-state index contributed by atoms with van der Waals surface area (Å²) in [5.41, 5.74) is 8.73. The van der Waals surface area contributed by atoms with Gasteiger partial charge in [0, 0.05) is 6.20 Å². The maximum atomic E-state index is 10.3. The third kappa shape index (κ3) is 1.75. The van der Waals surface area contributed by atoms with Crippen LogP contribution in [0.1, 0.15) is 5.56 Å². The maximum Gasteiger partial charge on any atom is 0.361 e. The number of aromatic nitrogens is 1. The number of nitrogens with zero attached hydrogens (tertiary/aromatic N) is 3. The molecule has 60 valence electrons. The summed E-state index contributed by atoms with van der Waals surface area (Å²) in [5, 5.41) is 0.246. The minimum Gasteiger partial charge on any atom is -0.361 e. The van der Waals surface area contributed by atoms with Crippen molar-refractivity contribution in [3.8, 4) is 0 Å². The van der Waals surface area contributed by atoms with Gasteiger partial charge in [-0.15, -0.1) is 0 Å². The highest BCUT2D eigenvalue weighted by atomic mass is 35.5. The lowest BCUT2D eigenvalue weighted by atomic mass is 10.2. The largest absolute Gasteiger partial charge is 0.361 e. The van der Waals surface area contributed by atoms with Crippen molar-refractivity contribution in [3.05, 3.63) is 34.6 Å². The van der Waals surface area contributed by atoms with Crippen LogP contribution in [0.15, 0.2) is 18.3 Å². The normalized spacial score (nSPS) is 8.75. The first-order valence-electron chi connectivity index (χ1n) is 3.07. The van der Waals surface area contributed by atoms with Gasteiger partial charge in [0.15, 0.2) is 0 Å². The highest BCUT2D eigenvalue weighted by Crippen LogP contribution is 2.06. The Morgan fingerprint density at radius 2 is 2.50 bits per heavy atom. The molecule has 0 atom stereocenters. The highest BCUT2D eigenvalue weighted by molar-refractivity contribution is 6.35. The van der Waals surface area contributed by atoms with E-state index in [4.69, 9.17) is 17.1 Å². The lowest BCUT2D eigenvalue weighted by molar-refractivity contribution is -0.106. The van der Waals surface area contributed by atoms with E-state index in [2.05, 4.69) is 9.77 Å². The van der Waals surface area contributed by atoms with Gasteiger partial charge in [-0.1, -0.05) is 11.6 Å². The molecule has 0 aliphatic heterocycles. The molecule has 5 heteroatoms. The fraction of sp³-hybridized carbons (Fsp3) is 0. The SMILES string of the molecule is [N-]=[N+]=C(C=O)c1ccnc(Cl)c1. The van der Waals surface area contributed by atoms with E-state index >= 15 is 0 Å². The molecule has 0 aromatic carbocycles. The molecule has 0 aliphatic rings. The number of aldehydes is 1. The Labute approximate surface area is 73.4 Å². The molecule has 0 fully saturated rings. The first-order valence-corrected chi connectivity index (χ1v) is 3.45. The van der Waals surface area contributed by atoms with E-state index < -0.39 is 0 Å². The molecule has 1 rings (SSSR count). The van der Waals surface area contributed by atoms with E-state index in [-0.39, 0.29) is 10.9 Å². The molecule has 4 nitrogen and oxygen atoms in total. The average Bonchev–Trinajstić information content (AvgIpc) is 2.07. The predicted molar refractivity (Wildman–Crippen MR) is 43.0 cm³/mol. The maximum absolute atomic E-state index is 10.3. The standard InChI is InChI=1S/C7H4ClN3O/c8-7-3-5(1-2-10-7)6(4-12)11-9/h1-4H. The van der Waals surface area contributed by atoms with Gasteiger partial charge in [-0.3, -0.25) is 4.79 Å². The van der Waals surface area contributed by atoms with Crippen LogP contribution in [-0.2, 0) is 4.79 Å². The van der Waals surface area contributed by atoms with Crippen LogP contribution >= 0.6 is 11.6 Å². The van der Waals surface area contributed by atoms with E-state index in [9.17, 15) is 4.79 Å². The molecule has 0 N–H and O–H groups in total. The monoisotopic (exact) mass is 181 g/mol. The van der Waals surface area contributed by atoms with E-state index in [1.165, 1.54) is 18.3 Å². The molecule has 0 unspecified atom stereocenters. The molecular weight excluding hydrogens is 178 g/mol. The molecule has 0 radical (unpaired) electrons.